The Morgan fingerprint density at radius 1 is 1.03 bits per heavy atom. The zero-order valence-electron chi connectivity index (χ0n) is 17.6. The van der Waals surface area contributed by atoms with Crippen molar-refractivity contribution in [1.82, 2.24) is 4.98 Å². The second kappa shape index (κ2) is 8.89. The average Bonchev–Trinajstić information content (AvgIpc) is 3.09. The third-order valence-corrected chi connectivity index (χ3v) is 5.16. The van der Waals surface area contributed by atoms with Gasteiger partial charge >= 0.3 is 6.36 Å². The van der Waals surface area contributed by atoms with Crippen molar-refractivity contribution in [2.24, 2.45) is 0 Å². The van der Waals surface area contributed by atoms with E-state index in [0.717, 1.165) is 17.0 Å². The summed E-state index contributed by atoms with van der Waals surface area (Å²) in [7, 11) is 1.40. The maximum atomic E-state index is 13.1. The number of alkyl halides is 3. The van der Waals surface area contributed by atoms with E-state index in [9.17, 15) is 27.9 Å². The van der Waals surface area contributed by atoms with E-state index >= 15 is 0 Å². The maximum Gasteiger partial charge on any atom is 0.573 e. The molecule has 34 heavy (non-hydrogen) atoms. The number of aliphatic hydroxyl groups is 1. The van der Waals surface area contributed by atoms with Gasteiger partial charge in [-0.3, -0.25) is 19.5 Å². The molecule has 7 nitrogen and oxygen atoms in total. The van der Waals surface area contributed by atoms with Crippen molar-refractivity contribution in [2.45, 2.75) is 12.4 Å². The second-order valence-corrected chi connectivity index (χ2v) is 7.20. The molecule has 4 rings (SSSR count). The Hall–Kier alpha value is -4.34. The molecule has 0 spiro atoms. The number of amides is 1. The highest BCUT2D eigenvalue weighted by molar-refractivity contribution is 6.51. The van der Waals surface area contributed by atoms with Gasteiger partial charge in [-0.15, -0.1) is 13.2 Å². The van der Waals surface area contributed by atoms with Gasteiger partial charge in [0.25, 0.3) is 11.7 Å². The van der Waals surface area contributed by atoms with Gasteiger partial charge in [-0.2, -0.15) is 0 Å². The van der Waals surface area contributed by atoms with Crippen LogP contribution in [0.1, 0.15) is 17.2 Å². The number of carbonyl (C=O) groups is 2. The number of halogens is 3. The van der Waals surface area contributed by atoms with Crippen molar-refractivity contribution in [1.29, 1.82) is 0 Å². The van der Waals surface area contributed by atoms with E-state index in [1.165, 1.54) is 37.7 Å². The first-order valence-electron chi connectivity index (χ1n) is 9.91. The van der Waals surface area contributed by atoms with Crippen LogP contribution >= 0.6 is 0 Å². The van der Waals surface area contributed by atoms with Crippen molar-refractivity contribution in [3.63, 3.8) is 0 Å². The number of nitrogens with zero attached hydrogens (tertiary/aromatic N) is 2. The maximum absolute atomic E-state index is 13.1. The number of rotatable bonds is 5. The monoisotopic (exact) mass is 470 g/mol. The summed E-state index contributed by atoms with van der Waals surface area (Å²) in [5.41, 5.74) is 0.530. The van der Waals surface area contributed by atoms with Gasteiger partial charge in [-0.1, -0.05) is 18.2 Å². The number of carbonyl (C=O) groups excluding carboxylic acids is 2. The molecule has 1 aromatic heterocycles. The third-order valence-electron chi connectivity index (χ3n) is 5.16. The molecule has 1 fully saturated rings. The summed E-state index contributed by atoms with van der Waals surface area (Å²) in [5.74, 6) is -2.59. The number of aromatic nitrogens is 1. The first-order chi connectivity index (χ1) is 16.2. The Bertz CT molecular complexity index is 1260. The summed E-state index contributed by atoms with van der Waals surface area (Å²) >= 11 is 0. The summed E-state index contributed by atoms with van der Waals surface area (Å²) in [6.07, 6.45) is -1.95. The van der Waals surface area contributed by atoms with Crippen LogP contribution in [0.5, 0.6) is 11.5 Å². The van der Waals surface area contributed by atoms with Gasteiger partial charge in [-0.25, -0.2) is 0 Å². The van der Waals surface area contributed by atoms with Crippen LogP contribution in [0.25, 0.3) is 5.76 Å². The van der Waals surface area contributed by atoms with E-state index < -0.39 is 35.6 Å². The Labute approximate surface area is 191 Å². The van der Waals surface area contributed by atoms with Crippen LogP contribution in [0.2, 0.25) is 0 Å². The molecular formula is C24H17F3N2O5. The fraction of sp³-hybridized carbons (Fsp3) is 0.125. The van der Waals surface area contributed by atoms with Crippen molar-refractivity contribution in [2.75, 3.05) is 12.0 Å². The molecule has 1 aliphatic heterocycles. The molecule has 0 bridgehead atoms. The lowest BCUT2D eigenvalue weighted by molar-refractivity contribution is -0.274. The largest absolute Gasteiger partial charge is 0.573 e. The lowest BCUT2D eigenvalue weighted by Gasteiger charge is -2.25. The van der Waals surface area contributed by atoms with Crippen molar-refractivity contribution in [3.05, 3.63) is 89.8 Å². The Kier molecular flexibility index (Phi) is 5.97. The SMILES string of the molecule is COc1ccccc1/C(O)=C1/C(=O)C(=O)N(c2ccc(OC(F)(F)F)cc2)C1c1cccnc1. The minimum Gasteiger partial charge on any atom is -0.507 e. The molecule has 1 atom stereocenters. The summed E-state index contributed by atoms with van der Waals surface area (Å²) in [4.78, 5) is 31.3. The fourth-order valence-electron chi connectivity index (χ4n) is 3.75. The number of para-hydroxylation sites is 1. The van der Waals surface area contributed by atoms with Crippen molar-refractivity contribution >= 4 is 23.1 Å². The molecule has 1 unspecified atom stereocenters. The Morgan fingerprint density at radius 2 is 1.74 bits per heavy atom. The highest BCUT2D eigenvalue weighted by Crippen LogP contribution is 2.43. The molecular weight excluding hydrogens is 453 g/mol. The van der Waals surface area contributed by atoms with Gasteiger partial charge in [0.15, 0.2) is 0 Å². The van der Waals surface area contributed by atoms with Gasteiger partial charge in [0.05, 0.1) is 24.3 Å². The number of ketones is 1. The Balaban J connectivity index is 1.86. The summed E-state index contributed by atoms with van der Waals surface area (Å²) in [6, 6.07) is 13.1. The normalized spacial score (nSPS) is 17.6. The molecule has 0 saturated carbocycles. The molecule has 0 aliphatic carbocycles. The van der Waals surface area contributed by atoms with Crippen LogP contribution < -0.4 is 14.4 Å². The van der Waals surface area contributed by atoms with Gasteiger partial charge in [0.1, 0.15) is 17.3 Å². The highest BCUT2D eigenvalue weighted by atomic mass is 19.4. The quantitative estimate of drug-likeness (QED) is 0.333. The highest BCUT2D eigenvalue weighted by Gasteiger charge is 2.47. The van der Waals surface area contributed by atoms with Gasteiger partial charge in [0, 0.05) is 18.1 Å². The molecule has 10 heteroatoms. The van der Waals surface area contributed by atoms with Crippen molar-refractivity contribution in [3.8, 4) is 11.5 Å². The van der Waals surface area contributed by atoms with E-state index in [0.29, 0.717) is 5.56 Å². The smallest absolute Gasteiger partial charge is 0.507 e. The third kappa shape index (κ3) is 4.29. The lowest BCUT2D eigenvalue weighted by atomic mass is 9.96. The molecule has 1 saturated heterocycles. The standard InChI is InChI=1S/C24H17F3N2O5/c1-33-18-7-3-2-6-17(18)21(30)19-20(14-5-4-12-28-13-14)29(23(32)22(19)31)15-8-10-16(11-9-15)34-24(25,26)27/h2-13,20,30H,1H3/b21-19-. The number of methoxy groups -OCH3 is 1. The van der Waals surface area contributed by atoms with Crippen molar-refractivity contribution < 1.29 is 37.3 Å². The van der Waals surface area contributed by atoms with Gasteiger partial charge in [-0.05, 0) is 48.0 Å². The van der Waals surface area contributed by atoms with E-state index in [1.54, 1.807) is 30.3 Å². The predicted octanol–water partition coefficient (Wildman–Crippen LogP) is 4.62. The first-order valence-corrected chi connectivity index (χ1v) is 9.91. The second-order valence-electron chi connectivity index (χ2n) is 7.20. The molecule has 1 aliphatic rings. The molecule has 1 N–H and O–H groups in total. The number of hydrogen-bond acceptors (Lipinski definition) is 6. The molecule has 3 aromatic rings. The van der Waals surface area contributed by atoms with Gasteiger partial charge < -0.3 is 14.6 Å². The first kappa shape index (κ1) is 22.8. The number of Topliss-reactive ketones (excluding diaryl/α,β-unsaturated/α-hetero) is 1. The van der Waals surface area contributed by atoms with E-state index in [-0.39, 0.29) is 22.6 Å². The zero-order valence-corrected chi connectivity index (χ0v) is 17.6. The number of pyridine rings is 1. The van der Waals surface area contributed by atoms with E-state index in [4.69, 9.17) is 4.74 Å². The summed E-state index contributed by atoms with van der Waals surface area (Å²) in [5, 5.41) is 11.1. The number of hydrogen-bond donors (Lipinski definition) is 1. The number of ether oxygens (including phenoxy) is 2. The van der Waals surface area contributed by atoms with E-state index in [2.05, 4.69) is 9.72 Å². The van der Waals surface area contributed by atoms with Crippen LogP contribution in [0.4, 0.5) is 18.9 Å². The molecule has 0 radical (unpaired) electrons. The average molecular weight is 470 g/mol. The molecule has 1 amide bonds. The lowest BCUT2D eigenvalue weighted by Crippen LogP contribution is -2.29. The number of anilines is 1. The van der Waals surface area contributed by atoms with E-state index in [1.807, 2.05) is 0 Å². The van der Waals surface area contributed by atoms with Gasteiger partial charge in [0.2, 0.25) is 0 Å². The zero-order chi connectivity index (χ0) is 24.5. The number of aliphatic hydroxyl groups excluding tert-OH is 1. The topological polar surface area (TPSA) is 89.0 Å². The molecule has 2 aromatic carbocycles. The van der Waals surface area contributed by atoms with Crippen LogP contribution in [-0.4, -0.2) is 35.3 Å². The van der Waals surface area contributed by atoms with Crippen LogP contribution in [0.15, 0.2) is 78.6 Å². The van der Waals surface area contributed by atoms with Crippen LogP contribution in [-0.2, 0) is 9.59 Å². The molecule has 2 heterocycles. The summed E-state index contributed by atoms with van der Waals surface area (Å²) < 4.78 is 46.7. The Morgan fingerprint density at radius 3 is 2.35 bits per heavy atom. The van der Waals surface area contributed by atoms with Crippen LogP contribution in [0.3, 0.4) is 0 Å². The predicted molar refractivity (Wildman–Crippen MR) is 115 cm³/mol. The minimum atomic E-state index is -4.88. The molecule has 174 valence electrons. The van der Waals surface area contributed by atoms with Crippen LogP contribution in [0, 0.1) is 0 Å². The fourth-order valence-corrected chi connectivity index (χ4v) is 3.75. The summed E-state index contributed by atoms with van der Waals surface area (Å²) in [6.45, 7) is 0. The minimum absolute atomic E-state index is 0.129. The number of benzene rings is 2.